The zero-order valence-electron chi connectivity index (χ0n) is 19.1. The summed E-state index contributed by atoms with van der Waals surface area (Å²) in [5, 5.41) is 22.6. The van der Waals surface area contributed by atoms with Gasteiger partial charge in [0.25, 0.3) is 11.9 Å². The van der Waals surface area contributed by atoms with E-state index < -0.39 is 16.6 Å². The SMILES string of the molecule is COCCOc1ccn(-c2nc(NC(=O)c3ccc([N+](=O)[O-])s3)c3cnn(-c4ccc(F)cc4)c3n2)n1. The minimum Gasteiger partial charge on any atom is -0.474 e. The van der Waals surface area contributed by atoms with Crippen LogP contribution in [0.25, 0.3) is 22.7 Å². The van der Waals surface area contributed by atoms with Gasteiger partial charge in [0.15, 0.2) is 5.65 Å². The molecule has 0 saturated heterocycles. The molecule has 1 aromatic carbocycles. The molecule has 0 aliphatic rings. The molecule has 4 aromatic heterocycles. The lowest BCUT2D eigenvalue weighted by atomic mass is 10.3. The highest BCUT2D eigenvalue weighted by Crippen LogP contribution is 2.28. The fraction of sp³-hybridized carbons (Fsp3) is 0.136. The molecule has 13 nitrogen and oxygen atoms in total. The van der Waals surface area contributed by atoms with Gasteiger partial charge < -0.3 is 14.8 Å². The number of amides is 1. The van der Waals surface area contributed by atoms with Gasteiger partial charge in [0.1, 0.15) is 18.2 Å². The molecule has 1 amide bonds. The molecule has 37 heavy (non-hydrogen) atoms. The quantitative estimate of drug-likeness (QED) is 0.174. The average Bonchev–Trinajstić information content (AvgIpc) is 3.64. The highest BCUT2D eigenvalue weighted by Gasteiger charge is 2.20. The Hall–Kier alpha value is -4.76. The summed E-state index contributed by atoms with van der Waals surface area (Å²) in [6.07, 6.45) is 3.04. The number of anilines is 1. The number of hydrogen-bond donors (Lipinski definition) is 1. The second-order valence-corrected chi connectivity index (χ2v) is 8.49. The first-order chi connectivity index (χ1) is 17.9. The van der Waals surface area contributed by atoms with Gasteiger partial charge in [0.05, 0.1) is 33.7 Å². The van der Waals surface area contributed by atoms with Crippen molar-refractivity contribution in [2.75, 3.05) is 25.6 Å². The molecule has 1 N–H and O–H groups in total. The summed E-state index contributed by atoms with van der Waals surface area (Å²) in [4.78, 5) is 32.5. The van der Waals surface area contributed by atoms with Crippen LogP contribution in [-0.4, -0.2) is 60.7 Å². The van der Waals surface area contributed by atoms with Crippen LogP contribution < -0.4 is 10.1 Å². The van der Waals surface area contributed by atoms with E-state index in [2.05, 4.69) is 25.5 Å². The van der Waals surface area contributed by atoms with E-state index in [9.17, 15) is 19.3 Å². The number of nitrogens with zero attached hydrogens (tertiary/aromatic N) is 7. The molecule has 15 heteroatoms. The van der Waals surface area contributed by atoms with Gasteiger partial charge in [-0.1, -0.05) is 11.3 Å². The largest absolute Gasteiger partial charge is 0.474 e. The molecule has 0 fully saturated rings. The molecule has 4 heterocycles. The number of nitro groups is 1. The van der Waals surface area contributed by atoms with Crippen LogP contribution in [0.1, 0.15) is 9.67 Å². The summed E-state index contributed by atoms with van der Waals surface area (Å²) in [5.41, 5.74) is 0.831. The topological polar surface area (TPSA) is 152 Å². The Morgan fingerprint density at radius 2 is 1.97 bits per heavy atom. The van der Waals surface area contributed by atoms with E-state index in [0.717, 1.165) is 11.3 Å². The van der Waals surface area contributed by atoms with Crippen LogP contribution in [0.15, 0.2) is 54.9 Å². The van der Waals surface area contributed by atoms with Crippen molar-refractivity contribution in [2.24, 2.45) is 0 Å². The first-order valence-electron chi connectivity index (χ1n) is 10.7. The van der Waals surface area contributed by atoms with Crippen LogP contribution in [0.3, 0.4) is 0 Å². The van der Waals surface area contributed by atoms with Crippen LogP contribution in [0, 0.1) is 15.9 Å². The van der Waals surface area contributed by atoms with E-state index in [4.69, 9.17) is 9.47 Å². The van der Waals surface area contributed by atoms with Gasteiger partial charge in [-0.15, -0.1) is 5.10 Å². The molecule has 0 saturated carbocycles. The Morgan fingerprint density at radius 1 is 1.16 bits per heavy atom. The Balaban J connectivity index is 1.56. The van der Waals surface area contributed by atoms with Gasteiger partial charge in [-0.3, -0.25) is 14.9 Å². The normalized spacial score (nSPS) is 11.1. The predicted molar refractivity (Wildman–Crippen MR) is 130 cm³/mol. The van der Waals surface area contributed by atoms with Crippen LogP contribution in [-0.2, 0) is 4.74 Å². The third-order valence-corrected chi connectivity index (χ3v) is 6.06. The molecule has 0 radical (unpaired) electrons. The molecule has 0 unspecified atom stereocenters. The van der Waals surface area contributed by atoms with Crippen molar-refractivity contribution in [1.29, 1.82) is 0 Å². The first kappa shape index (κ1) is 24.0. The van der Waals surface area contributed by atoms with Crippen LogP contribution in [0.4, 0.5) is 15.2 Å². The summed E-state index contributed by atoms with van der Waals surface area (Å²) in [5.74, 6) is -0.504. The fourth-order valence-electron chi connectivity index (χ4n) is 3.31. The lowest BCUT2D eigenvalue weighted by Gasteiger charge is -2.09. The number of fused-ring (bicyclic) bond motifs is 1. The van der Waals surface area contributed by atoms with Gasteiger partial charge in [-0.05, 0) is 30.3 Å². The van der Waals surface area contributed by atoms with E-state index >= 15 is 0 Å². The van der Waals surface area contributed by atoms with Gasteiger partial charge in [0, 0.05) is 25.4 Å². The maximum atomic E-state index is 13.5. The van der Waals surface area contributed by atoms with E-state index in [1.165, 1.54) is 52.0 Å². The van der Waals surface area contributed by atoms with E-state index in [0.29, 0.717) is 35.8 Å². The number of methoxy groups -OCH3 is 1. The first-order valence-corrected chi connectivity index (χ1v) is 11.5. The van der Waals surface area contributed by atoms with Gasteiger partial charge in [0.2, 0.25) is 5.88 Å². The number of carbonyl (C=O) groups excluding carboxylic acids is 1. The molecule has 0 aliphatic carbocycles. The Bertz CT molecular complexity index is 1600. The number of halogens is 1. The van der Waals surface area contributed by atoms with E-state index in [1.807, 2.05) is 0 Å². The smallest absolute Gasteiger partial charge is 0.324 e. The number of rotatable bonds is 9. The number of hydrogen-bond acceptors (Lipinski definition) is 10. The standard InChI is InChI=1S/C22H17FN8O5S/c1-35-10-11-36-17-8-9-29(28-17)22-26-19(25-21(32)16-6-7-18(37-16)31(33)34)15-12-24-30(20(15)27-22)14-4-2-13(23)3-5-14/h2-9,12H,10-11H2,1H3,(H,25,26,27,32). The maximum absolute atomic E-state index is 13.5. The molecule has 0 bridgehead atoms. The second kappa shape index (κ2) is 10.1. The summed E-state index contributed by atoms with van der Waals surface area (Å²) in [6, 6.07) is 9.86. The van der Waals surface area contributed by atoms with E-state index in [1.54, 1.807) is 19.4 Å². The van der Waals surface area contributed by atoms with Crippen molar-refractivity contribution in [3.63, 3.8) is 0 Å². The van der Waals surface area contributed by atoms with Crippen molar-refractivity contribution in [2.45, 2.75) is 0 Å². The van der Waals surface area contributed by atoms with Crippen molar-refractivity contribution in [3.05, 3.63) is 75.7 Å². The van der Waals surface area contributed by atoms with Crippen molar-refractivity contribution < 1.29 is 23.6 Å². The van der Waals surface area contributed by atoms with Crippen molar-refractivity contribution in [1.82, 2.24) is 29.5 Å². The molecule has 5 aromatic rings. The third-order valence-electron chi connectivity index (χ3n) is 5.02. The van der Waals surface area contributed by atoms with Crippen LogP contribution >= 0.6 is 11.3 Å². The van der Waals surface area contributed by atoms with Gasteiger partial charge in [-0.2, -0.15) is 15.1 Å². The number of ether oxygens (including phenoxy) is 2. The molecule has 5 rings (SSSR count). The summed E-state index contributed by atoms with van der Waals surface area (Å²) < 4.78 is 26.8. The van der Waals surface area contributed by atoms with Crippen molar-refractivity contribution >= 4 is 39.1 Å². The Labute approximate surface area is 211 Å². The average molecular weight is 524 g/mol. The molecule has 0 aliphatic heterocycles. The molecular formula is C22H17FN8O5S. The van der Waals surface area contributed by atoms with Crippen LogP contribution in [0.2, 0.25) is 0 Å². The zero-order chi connectivity index (χ0) is 25.9. The van der Waals surface area contributed by atoms with Gasteiger partial charge in [-0.25, -0.2) is 13.8 Å². The maximum Gasteiger partial charge on any atom is 0.324 e. The fourth-order valence-corrected chi connectivity index (χ4v) is 4.02. The Kier molecular flexibility index (Phi) is 6.53. The lowest BCUT2D eigenvalue weighted by Crippen LogP contribution is -2.14. The molecule has 188 valence electrons. The van der Waals surface area contributed by atoms with Crippen LogP contribution in [0.5, 0.6) is 5.88 Å². The Morgan fingerprint density at radius 3 is 2.70 bits per heavy atom. The predicted octanol–water partition coefficient (Wildman–Crippen LogP) is 3.39. The minimum atomic E-state index is -0.595. The summed E-state index contributed by atoms with van der Waals surface area (Å²) >= 11 is 0.735. The molecule has 0 atom stereocenters. The number of aromatic nitrogens is 6. The number of nitrogens with one attached hydrogen (secondary N) is 1. The highest BCUT2D eigenvalue weighted by atomic mass is 32.1. The lowest BCUT2D eigenvalue weighted by molar-refractivity contribution is -0.380. The summed E-state index contributed by atoms with van der Waals surface area (Å²) in [7, 11) is 1.56. The number of carbonyl (C=O) groups is 1. The number of benzene rings is 1. The third kappa shape index (κ3) is 4.98. The van der Waals surface area contributed by atoms with E-state index in [-0.39, 0.29) is 21.6 Å². The minimum absolute atomic E-state index is 0.0883. The second-order valence-electron chi connectivity index (χ2n) is 7.43. The van der Waals surface area contributed by atoms with Gasteiger partial charge >= 0.3 is 5.00 Å². The monoisotopic (exact) mass is 524 g/mol. The molecular weight excluding hydrogens is 507 g/mol. The summed E-state index contributed by atoms with van der Waals surface area (Å²) in [6.45, 7) is 0.669. The molecule has 0 spiro atoms. The number of thiophene rings is 1. The zero-order valence-corrected chi connectivity index (χ0v) is 19.9. The highest BCUT2D eigenvalue weighted by molar-refractivity contribution is 7.17. The van der Waals surface area contributed by atoms with Crippen molar-refractivity contribution in [3.8, 4) is 17.5 Å².